The molecule has 0 spiro atoms. The molecule has 0 atom stereocenters. The molecule has 0 bridgehead atoms. The first-order valence-corrected chi connectivity index (χ1v) is 8.09. The van der Waals surface area contributed by atoms with E-state index in [9.17, 15) is 4.79 Å². The number of hydrogen-bond donors (Lipinski definition) is 1. The second-order valence-corrected chi connectivity index (χ2v) is 5.89. The number of nitrogens with zero attached hydrogens (tertiary/aromatic N) is 4. The number of rotatable bonds is 4. The molecule has 0 aliphatic carbocycles. The molecule has 0 radical (unpaired) electrons. The van der Waals surface area contributed by atoms with Crippen molar-refractivity contribution in [1.29, 1.82) is 0 Å². The van der Waals surface area contributed by atoms with Crippen LogP contribution >= 0.6 is 0 Å². The highest BCUT2D eigenvalue weighted by molar-refractivity contribution is 5.43. The molecule has 4 rings (SSSR count). The predicted molar refractivity (Wildman–Crippen MR) is 91.3 cm³/mol. The van der Waals surface area contributed by atoms with Crippen LogP contribution < -0.4 is 20.3 Å². The van der Waals surface area contributed by atoms with E-state index < -0.39 is 0 Å². The third kappa shape index (κ3) is 2.54. The van der Waals surface area contributed by atoms with Gasteiger partial charge in [-0.05, 0) is 12.1 Å². The average Bonchev–Trinajstić information content (AvgIpc) is 3.15. The molecule has 1 aliphatic rings. The van der Waals surface area contributed by atoms with Crippen LogP contribution in [-0.4, -0.2) is 39.9 Å². The number of ether oxygens (including phenoxy) is 2. The van der Waals surface area contributed by atoms with Gasteiger partial charge >= 0.3 is 0 Å². The van der Waals surface area contributed by atoms with E-state index >= 15 is 0 Å². The van der Waals surface area contributed by atoms with Crippen LogP contribution in [0.5, 0.6) is 11.5 Å². The molecular weight excluding hydrogens is 322 g/mol. The zero-order valence-corrected chi connectivity index (χ0v) is 14.2. The van der Waals surface area contributed by atoms with E-state index in [1.807, 2.05) is 12.1 Å². The fourth-order valence-electron chi connectivity index (χ4n) is 3.26. The quantitative estimate of drug-likeness (QED) is 0.748. The van der Waals surface area contributed by atoms with Gasteiger partial charge < -0.3 is 14.8 Å². The standard InChI is InChI=1S/C17H19N5O3/c1-24-12-4-3-11(15(7-12)25-2)9-21-16(23)13-8-18-6-5-14(13)22-17(21)19-10-20-22/h3-4,7,10,18H,5-6,8-9H2,1-2H3. The van der Waals surface area contributed by atoms with E-state index in [0.29, 0.717) is 30.4 Å². The molecule has 2 aromatic heterocycles. The molecule has 0 unspecified atom stereocenters. The molecule has 1 aromatic carbocycles. The summed E-state index contributed by atoms with van der Waals surface area (Å²) in [7, 11) is 3.21. The molecule has 3 aromatic rings. The van der Waals surface area contributed by atoms with Crippen molar-refractivity contribution in [2.45, 2.75) is 19.5 Å². The number of nitrogens with one attached hydrogen (secondary N) is 1. The van der Waals surface area contributed by atoms with Crippen molar-refractivity contribution in [2.24, 2.45) is 0 Å². The van der Waals surface area contributed by atoms with Crippen molar-refractivity contribution in [1.82, 2.24) is 24.5 Å². The lowest BCUT2D eigenvalue weighted by Gasteiger charge is -2.20. The Hall–Kier alpha value is -2.87. The first-order chi connectivity index (χ1) is 12.2. The topological polar surface area (TPSA) is 82.7 Å². The van der Waals surface area contributed by atoms with Gasteiger partial charge in [0.25, 0.3) is 5.56 Å². The van der Waals surface area contributed by atoms with Crippen molar-refractivity contribution >= 4 is 5.78 Å². The Morgan fingerprint density at radius 3 is 2.96 bits per heavy atom. The van der Waals surface area contributed by atoms with Crippen LogP contribution in [0, 0.1) is 0 Å². The van der Waals surface area contributed by atoms with Gasteiger partial charge in [-0.15, -0.1) is 0 Å². The smallest absolute Gasteiger partial charge is 0.260 e. The van der Waals surface area contributed by atoms with Gasteiger partial charge in [0.15, 0.2) is 0 Å². The molecule has 130 valence electrons. The molecule has 3 heterocycles. The van der Waals surface area contributed by atoms with Crippen molar-refractivity contribution in [2.75, 3.05) is 20.8 Å². The summed E-state index contributed by atoms with van der Waals surface area (Å²) in [6, 6.07) is 5.56. The maximum absolute atomic E-state index is 13.0. The van der Waals surface area contributed by atoms with Crippen LogP contribution in [-0.2, 0) is 19.5 Å². The Labute approximate surface area is 144 Å². The molecular formula is C17H19N5O3. The second-order valence-electron chi connectivity index (χ2n) is 5.89. The van der Waals surface area contributed by atoms with Crippen molar-refractivity contribution in [3.63, 3.8) is 0 Å². The van der Waals surface area contributed by atoms with E-state index in [-0.39, 0.29) is 5.56 Å². The van der Waals surface area contributed by atoms with E-state index in [1.165, 1.54) is 6.33 Å². The first-order valence-electron chi connectivity index (χ1n) is 8.09. The van der Waals surface area contributed by atoms with Crippen molar-refractivity contribution in [3.8, 4) is 11.5 Å². The van der Waals surface area contributed by atoms with Crippen LogP contribution in [0.25, 0.3) is 5.78 Å². The highest BCUT2D eigenvalue weighted by Crippen LogP contribution is 2.25. The molecule has 8 heteroatoms. The zero-order chi connectivity index (χ0) is 17.4. The van der Waals surface area contributed by atoms with Gasteiger partial charge in [-0.3, -0.25) is 9.36 Å². The lowest BCUT2D eigenvalue weighted by atomic mass is 10.1. The maximum Gasteiger partial charge on any atom is 0.260 e. The van der Waals surface area contributed by atoms with Crippen LogP contribution in [0.2, 0.25) is 0 Å². The van der Waals surface area contributed by atoms with Crippen LogP contribution in [0.1, 0.15) is 16.8 Å². The second kappa shape index (κ2) is 6.21. The molecule has 1 N–H and O–H groups in total. The SMILES string of the molecule is COc1ccc(Cn2c(=O)c3c(n4ncnc24)CCNC3)c(OC)c1. The number of hydrogen-bond acceptors (Lipinski definition) is 6. The summed E-state index contributed by atoms with van der Waals surface area (Å²) in [6.45, 7) is 1.73. The first kappa shape index (κ1) is 15.6. The Kier molecular flexibility index (Phi) is 3.89. The normalized spacial score (nSPS) is 13.7. The highest BCUT2D eigenvalue weighted by Gasteiger charge is 2.21. The predicted octanol–water partition coefficient (Wildman–Crippen LogP) is 0.602. The van der Waals surface area contributed by atoms with Crippen molar-refractivity contribution < 1.29 is 9.47 Å². The molecule has 1 aliphatic heterocycles. The minimum Gasteiger partial charge on any atom is -0.497 e. The molecule has 0 saturated heterocycles. The number of benzene rings is 1. The highest BCUT2D eigenvalue weighted by atomic mass is 16.5. The largest absolute Gasteiger partial charge is 0.497 e. The maximum atomic E-state index is 13.0. The summed E-state index contributed by atoms with van der Waals surface area (Å²) in [5.41, 5.74) is 2.52. The lowest BCUT2D eigenvalue weighted by Crippen LogP contribution is -2.36. The Morgan fingerprint density at radius 2 is 2.16 bits per heavy atom. The van der Waals surface area contributed by atoms with Crippen LogP contribution in [0.15, 0.2) is 29.3 Å². The lowest BCUT2D eigenvalue weighted by molar-refractivity contribution is 0.390. The Bertz CT molecular complexity index is 992. The van der Waals surface area contributed by atoms with E-state index in [1.54, 1.807) is 29.4 Å². The average molecular weight is 341 g/mol. The van der Waals surface area contributed by atoms with Gasteiger partial charge in [0.05, 0.1) is 32.0 Å². The summed E-state index contributed by atoms with van der Waals surface area (Å²) in [4.78, 5) is 17.3. The van der Waals surface area contributed by atoms with Crippen LogP contribution in [0.3, 0.4) is 0 Å². The molecule has 0 saturated carbocycles. The third-order valence-corrected chi connectivity index (χ3v) is 4.54. The molecule has 25 heavy (non-hydrogen) atoms. The number of methoxy groups -OCH3 is 2. The summed E-state index contributed by atoms with van der Waals surface area (Å²) >= 11 is 0. The van der Waals surface area contributed by atoms with Crippen molar-refractivity contribution in [3.05, 3.63) is 51.7 Å². The molecule has 0 fully saturated rings. The number of fused-ring (bicyclic) bond motifs is 3. The minimum absolute atomic E-state index is 0.0411. The summed E-state index contributed by atoms with van der Waals surface area (Å²) in [5.74, 6) is 1.92. The van der Waals surface area contributed by atoms with Gasteiger partial charge in [-0.2, -0.15) is 10.1 Å². The minimum atomic E-state index is -0.0411. The molecule has 0 amide bonds. The zero-order valence-electron chi connectivity index (χ0n) is 14.2. The monoisotopic (exact) mass is 341 g/mol. The Balaban J connectivity index is 1.87. The summed E-state index contributed by atoms with van der Waals surface area (Å²) in [6.07, 6.45) is 2.25. The van der Waals surface area contributed by atoms with Gasteiger partial charge in [0.1, 0.15) is 17.8 Å². The number of aromatic nitrogens is 4. The third-order valence-electron chi connectivity index (χ3n) is 4.54. The van der Waals surface area contributed by atoms with Gasteiger partial charge in [0, 0.05) is 31.1 Å². The van der Waals surface area contributed by atoms with Crippen LogP contribution in [0.4, 0.5) is 0 Å². The van der Waals surface area contributed by atoms with E-state index in [2.05, 4.69) is 15.4 Å². The fourth-order valence-corrected chi connectivity index (χ4v) is 3.26. The summed E-state index contributed by atoms with van der Waals surface area (Å²) < 4.78 is 14.1. The van der Waals surface area contributed by atoms with E-state index in [0.717, 1.165) is 29.8 Å². The molecule has 8 nitrogen and oxygen atoms in total. The van der Waals surface area contributed by atoms with Gasteiger partial charge in [-0.25, -0.2) is 4.52 Å². The van der Waals surface area contributed by atoms with E-state index in [4.69, 9.17) is 9.47 Å². The van der Waals surface area contributed by atoms with Gasteiger partial charge in [0.2, 0.25) is 5.78 Å². The Morgan fingerprint density at radius 1 is 1.28 bits per heavy atom. The summed E-state index contributed by atoms with van der Waals surface area (Å²) in [5, 5.41) is 7.56. The van der Waals surface area contributed by atoms with Gasteiger partial charge in [-0.1, -0.05) is 0 Å². The fraction of sp³-hybridized carbons (Fsp3) is 0.353.